The smallest absolute Gasteiger partial charge is 0.388 e. The van der Waals surface area contributed by atoms with Crippen LogP contribution in [0.15, 0.2) is 23.3 Å². The Bertz CT molecular complexity index is 755. The molecule has 1 aliphatic rings. The van der Waals surface area contributed by atoms with Crippen molar-refractivity contribution in [1.29, 1.82) is 0 Å². The summed E-state index contributed by atoms with van der Waals surface area (Å²) < 4.78 is 82.4. The van der Waals surface area contributed by atoms with Crippen LogP contribution in [-0.4, -0.2) is 47.8 Å². The number of morpholine rings is 1. The molecule has 1 aromatic carbocycles. The second-order valence-corrected chi connectivity index (χ2v) is 6.08. The predicted molar refractivity (Wildman–Crippen MR) is 91.7 cm³/mol. The van der Waals surface area contributed by atoms with E-state index in [0.29, 0.717) is 12.1 Å². The number of halogens is 6. The van der Waals surface area contributed by atoms with E-state index in [1.54, 1.807) is 0 Å². The molecule has 28 heavy (non-hydrogen) atoms. The van der Waals surface area contributed by atoms with Crippen LogP contribution in [0.25, 0.3) is 0 Å². The lowest BCUT2D eigenvalue weighted by Crippen LogP contribution is -2.47. The van der Waals surface area contributed by atoms with Gasteiger partial charge in [0, 0.05) is 13.1 Å². The van der Waals surface area contributed by atoms with E-state index >= 15 is 0 Å². The number of carbonyl (C=O) groups excluding carboxylic acids is 1. The van der Waals surface area contributed by atoms with Gasteiger partial charge in [0.2, 0.25) is 0 Å². The quantitative estimate of drug-likeness (QED) is 0.334. The monoisotopic (exact) mass is 428 g/mol. The molecule has 3 N–H and O–H groups in total. The highest BCUT2D eigenvalue weighted by molar-refractivity contribution is 7.82. The molecule has 0 atom stereocenters. The van der Waals surface area contributed by atoms with Gasteiger partial charge in [-0.2, -0.15) is 31.4 Å². The van der Waals surface area contributed by atoms with Gasteiger partial charge in [0.05, 0.1) is 30.0 Å². The van der Waals surface area contributed by atoms with Crippen molar-refractivity contribution < 1.29 is 35.9 Å². The molecule has 1 heterocycles. The minimum absolute atomic E-state index is 0.0255. The van der Waals surface area contributed by atoms with E-state index in [0.717, 1.165) is 0 Å². The third-order valence-electron chi connectivity index (χ3n) is 3.62. The van der Waals surface area contributed by atoms with Crippen molar-refractivity contribution in [2.45, 2.75) is 12.4 Å². The van der Waals surface area contributed by atoms with Crippen LogP contribution < -0.4 is 11.2 Å². The van der Waals surface area contributed by atoms with Gasteiger partial charge in [0.25, 0.3) is 5.91 Å². The summed E-state index contributed by atoms with van der Waals surface area (Å²) in [7, 11) is 0. The first-order valence-corrected chi connectivity index (χ1v) is 8.10. The van der Waals surface area contributed by atoms with E-state index < -0.39 is 45.8 Å². The number of hydrogen-bond acceptors (Lipinski definition) is 5. The molecule has 2 rings (SSSR count). The predicted octanol–water partition coefficient (Wildman–Crippen LogP) is 2.64. The zero-order valence-electron chi connectivity index (χ0n) is 14.0. The number of ether oxygens (including phenoxy) is 1. The van der Waals surface area contributed by atoms with E-state index in [4.69, 9.17) is 22.7 Å². The molecule has 1 aliphatic heterocycles. The third-order valence-corrected chi connectivity index (χ3v) is 3.81. The number of rotatable bonds is 4. The number of carbonyl (C=O) groups is 1. The van der Waals surface area contributed by atoms with Crippen molar-refractivity contribution in [3.05, 3.63) is 29.3 Å². The van der Waals surface area contributed by atoms with Crippen LogP contribution in [0.3, 0.4) is 0 Å². The summed E-state index contributed by atoms with van der Waals surface area (Å²) in [5.41, 5.74) is 3.25. The molecule has 0 saturated carbocycles. The Labute approximate surface area is 160 Å². The summed E-state index contributed by atoms with van der Waals surface area (Å²) in [6.07, 6.45) is -10.0. The maximum Gasteiger partial charge on any atom is 0.416 e. The first kappa shape index (κ1) is 21.9. The first-order valence-electron chi connectivity index (χ1n) is 7.69. The topological polar surface area (TPSA) is 79.9 Å². The van der Waals surface area contributed by atoms with Gasteiger partial charge in [0.15, 0.2) is 5.71 Å². The molecule has 0 unspecified atom stereocenters. The normalized spacial score (nSPS) is 16.1. The molecule has 1 saturated heterocycles. The summed E-state index contributed by atoms with van der Waals surface area (Å²) in [6, 6.07) is 0.826. The Morgan fingerprint density at radius 3 is 2.00 bits per heavy atom. The van der Waals surface area contributed by atoms with Crippen LogP contribution in [0, 0.1) is 0 Å². The Morgan fingerprint density at radius 1 is 1.07 bits per heavy atom. The number of hydrazone groups is 1. The summed E-state index contributed by atoms with van der Waals surface area (Å²) in [5.74, 6) is -0.716. The summed E-state index contributed by atoms with van der Waals surface area (Å²) in [6.45, 7) is 0.934. The number of anilines is 1. The van der Waals surface area contributed by atoms with Crippen molar-refractivity contribution in [2.24, 2.45) is 10.8 Å². The summed E-state index contributed by atoms with van der Waals surface area (Å²) in [4.78, 5) is 13.2. The van der Waals surface area contributed by atoms with Gasteiger partial charge in [-0.15, -0.1) is 0 Å². The molecule has 0 bridgehead atoms. The van der Waals surface area contributed by atoms with E-state index in [2.05, 4.69) is 5.10 Å². The zero-order valence-corrected chi connectivity index (χ0v) is 14.8. The van der Waals surface area contributed by atoms with Gasteiger partial charge in [-0.1, -0.05) is 12.2 Å². The van der Waals surface area contributed by atoms with Crippen molar-refractivity contribution in [1.82, 2.24) is 4.90 Å². The fourth-order valence-corrected chi connectivity index (χ4v) is 2.40. The van der Waals surface area contributed by atoms with Crippen molar-refractivity contribution in [3.63, 3.8) is 0 Å². The van der Waals surface area contributed by atoms with Gasteiger partial charge < -0.3 is 15.4 Å². The number of thiocarbonyl (C=S) groups is 1. The SMILES string of the molecule is NC(=S)C(=NNc1cc(C(F)(F)F)cc(C(F)(F)F)c1)C(=O)N1CCOCC1. The average Bonchev–Trinajstić information content (AvgIpc) is 2.60. The molecule has 0 aliphatic carbocycles. The maximum atomic E-state index is 12.9. The summed E-state index contributed by atoms with van der Waals surface area (Å²) in [5, 5.41) is 3.55. The van der Waals surface area contributed by atoms with Crippen LogP contribution >= 0.6 is 12.2 Å². The Kier molecular flexibility index (Phi) is 6.49. The number of hydrogen-bond donors (Lipinski definition) is 2. The largest absolute Gasteiger partial charge is 0.416 e. The molecular formula is C15H14F6N4O2S. The van der Waals surface area contributed by atoms with Gasteiger partial charge in [-0.25, -0.2) is 0 Å². The second kappa shape index (κ2) is 8.31. The van der Waals surface area contributed by atoms with E-state index in [9.17, 15) is 31.1 Å². The molecule has 13 heteroatoms. The van der Waals surface area contributed by atoms with Gasteiger partial charge in [-0.05, 0) is 18.2 Å². The molecule has 6 nitrogen and oxygen atoms in total. The fourth-order valence-electron chi connectivity index (χ4n) is 2.26. The average molecular weight is 428 g/mol. The molecular weight excluding hydrogens is 414 g/mol. The lowest BCUT2D eigenvalue weighted by atomic mass is 10.1. The Balaban J connectivity index is 2.35. The maximum absolute atomic E-state index is 12.9. The molecule has 1 aromatic rings. The van der Waals surface area contributed by atoms with Gasteiger partial charge in [-0.3, -0.25) is 10.2 Å². The highest BCUT2D eigenvalue weighted by Crippen LogP contribution is 2.37. The van der Waals surface area contributed by atoms with Crippen LogP contribution in [0.2, 0.25) is 0 Å². The number of benzene rings is 1. The highest BCUT2D eigenvalue weighted by Gasteiger charge is 2.37. The summed E-state index contributed by atoms with van der Waals surface area (Å²) >= 11 is 4.72. The molecule has 0 radical (unpaired) electrons. The van der Waals surface area contributed by atoms with Crippen LogP contribution in [0.4, 0.5) is 32.0 Å². The number of nitrogens with one attached hydrogen (secondary N) is 1. The van der Waals surface area contributed by atoms with Crippen molar-refractivity contribution in [2.75, 3.05) is 31.7 Å². The first-order chi connectivity index (χ1) is 12.9. The lowest BCUT2D eigenvalue weighted by molar-refractivity contribution is -0.143. The van der Waals surface area contributed by atoms with Crippen molar-refractivity contribution >= 4 is 34.5 Å². The number of alkyl halides is 6. The minimum atomic E-state index is -5.02. The zero-order chi connectivity index (χ0) is 21.1. The van der Waals surface area contributed by atoms with E-state index in [1.165, 1.54) is 4.90 Å². The molecule has 0 spiro atoms. The molecule has 154 valence electrons. The second-order valence-electron chi connectivity index (χ2n) is 5.64. The van der Waals surface area contributed by atoms with Gasteiger partial charge >= 0.3 is 12.4 Å². The third kappa shape index (κ3) is 5.55. The van der Waals surface area contributed by atoms with E-state index in [1.807, 2.05) is 5.43 Å². The standard InChI is InChI=1S/C15H14F6N4O2S/c16-14(17,18)8-5-9(15(19,20)21)7-10(6-8)23-24-11(12(22)28)13(26)25-1-3-27-4-2-25/h5-7,23H,1-4H2,(H2,22,28). The fraction of sp³-hybridized carbons (Fsp3) is 0.400. The molecule has 1 fully saturated rings. The molecule has 1 amide bonds. The van der Waals surface area contributed by atoms with Crippen LogP contribution in [-0.2, 0) is 21.9 Å². The van der Waals surface area contributed by atoms with Crippen LogP contribution in [0.5, 0.6) is 0 Å². The Hall–Kier alpha value is -2.41. The Morgan fingerprint density at radius 2 is 1.57 bits per heavy atom. The lowest BCUT2D eigenvalue weighted by Gasteiger charge is -2.27. The number of nitrogens with two attached hydrogens (primary N) is 1. The van der Waals surface area contributed by atoms with E-state index in [-0.39, 0.29) is 32.4 Å². The molecule has 0 aromatic heterocycles. The minimum Gasteiger partial charge on any atom is -0.388 e. The van der Waals surface area contributed by atoms with Crippen molar-refractivity contribution in [3.8, 4) is 0 Å². The van der Waals surface area contributed by atoms with Gasteiger partial charge in [0.1, 0.15) is 4.99 Å². The number of amides is 1. The highest BCUT2D eigenvalue weighted by atomic mass is 32.1. The number of nitrogens with zero attached hydrogens (tertiary/aromatic N) is 2. The van der Waals surface area contributed by atoms with Crippen LogP contribution in [0.1, 0.15) is 11.1 Å².